The van der Waals surface area contributed by atoms with E-state index >= 15 is 0 Å². The topological polar surface area (TPSA) is 73.9 Å². The Balaban J connectivity index is 1.54. The van der Waals surface area contributed by atoms with Crippen molar-refractivity contribution < 1.29 is 4.79 Å². The second-order valence-electron chi connectivity index (χ2n) is 7.65. The summed E-state index contributed by atoms with van der Waals surface area (Å²) in [6.45, 7) is 3.01. The average Bonchev–Trinajstić information content (AvgIpc) is 3.33. The number of hydrogen-bond acceptors (Lipinski definition) is 4. The van der Waals surface area contributed by atoms with E-state index in [2.05, 4.69) is 38.2 Å². The first-order chi connectivity index (χ1) is 12.7. The summed E-state index contributed by atoms with van der Waals surface area (Å²) in [7, 11) is 0. The molecule has 1 saturated heterocycles. The van der Waals surface area contributed by atoms with E-state index in [1.54, 1.807) is 6.20 Å². The van der Waals surface area contributed by atoms with Crippen molar-refractivity contribution in [1.29, 1.82) is 0 Å². The van der Waals surface area contributed by atoms with Crippen LogP contribution in [0.25, 0.3) is 21.9 Å². The number of fused-ring (bicyclic) bond motifs is 3. The molecule has 5 rings (SSSR count). The van der Waals surface area contributed by atoms with Gasteiger partial charge in [-0.05, 0) is 44.7 Å². The van der Waals surface area contributed by atoms with E-state index in [9.17, 15) is 4.79 Å². The summed E-state index contributed by atoms with van der Waals surface area (Å²) in [4.78, 5) is 27.1. The van der Waals surface area contributed by atoms with E-state index in [-0.39, 0.29) is 11.8 Å². The lowest BCUT2D eigenvalue weighted by atomic mass is 9.91. The maximum Gasteiger partial charge on any atom is 0.225 e. The van der Waals surface area contributed by atoms with Crippen LogP contribution in [0.4, 0.5) is 5.69 Å². The van der Waals surface area contributed by atoms with E-state index in [1.165, 1.54) is 0 Å². The Kier molecular flexibility index (Phi) is 3.58. The highest BCUT2D eigenvalue weighted by atomic mass is 16.2. The standard InChI is InChI=1S/C20H23N5O/c1-12-2-3-13(20(26)24-14-4-5-14)11-25(12)17-7-9-21-16-10-23-19-15(18(16)17)6-8-22-19/h6-10,12-14,21H,2-5,11H2,1H3,(H,24,26)/t12-,13-/m1/s1. The van der Waals surface area contributed by atoms with Gasteiger partial charge in [-0.15, -0.1) is 0 Å². The van der Waals surface area contributed by atoms with E-state index in [4.69, 9.17) is 0 Å². The Bertz CT molecular complexity index is 977. The summed E-state index contributed by atoms with van der Waals surface area (Å²) in [5.74, 6) is 0.277. The second-order valence-corrected chi connectivity index (χ2v) is 7.65. The smallest absolute Gasteiger partial charge is 0.225 e. The quantitative estimate of drug-likeness (QED) is 0.762. The van der Waals surface area contributed by atoms with Gasteiger partial charge in [0.05, 0.1) is 17.6 Å². The largest absolute Gasteiger partial charge is 0.367 e. The minimum absolute atomic E-state index is 0.0566. The van der Waals surface area contributed by atoms with Gasteiger partial charge in [0.15, 0.2) is 5.65 Å². The maximum atomic E-state index is 12.6. The molecule has 3 aromatic heterocycles. The number of anilines is 1. The number of pyridine rings is 2. The third-order valence-electron chi connectivity index (χ3n) is 5.76. The number of aromatic nitrogens is 3. The Morgan fingerprint density at radius 2 is 2.12 bits per heavy atom. The third-order valence-corrected chi connectivity index (χ3v) is 5.76. The average molecular weight is 349 g/mol. The molecule has 3 aromatic rings. The van der Waals surface area contributed by atoms with Crippen LogP contribution in [0, 0.1) is 5.92 Å². The molecule has 2 N–H and O–H groups in total. The fourth-order valence-corrected chi connectivity index (χ4v) is 4.08. The van der Waals surface area contributed by atoms with Crippen LogP contribution in [0.3, 0.4) is 0 Å². The predicted octanol–water partition coefficient (Wildman–Crippen LogP) is 2.99. The molecule has 2 atom stereocenters. The van der Waals surface area contributed by atoms with Crippen molar-refractivity contribution in [2.24, 2.45) is 5.92 Å². The van der Waals surface area contributed by atoms with Crippen LogP contribution >= 0.6 is 0 Å². The first-order valence-corrected chi connectivity index (χ1v) is 9.48. The van der Waals surface area contributed by atoms with Gasteiger partial charge < -0.3 is 15.2 Å². The lowest BCUT2D eigenvalue weighted by Gasteiger charge is -2.39. The van der Waals surface area contributed by atoms with Crippen LogP contribution < -0.4 is 10.2 Å². The molecule has 6 nitrogen and oxygen atoms in total. The molecule has 0 radical (unpaired) electrons. The van der Waals surface area contributed by atoms with Crippen LogP contribution in [-0.4, -0.2) is 39.5 Å². The minimum Gasteiger partial charge on any atom is -0.367 e. The Labute approximate surface area is 152 Å². The molecule has 6 heteroatoms. The van der Waals surface area contributed by atoms with Gasteiger partial charge in [0, 0.05) is 47.5 Å². The van der Waals surface area contributed by atoms with Gasteiger partial charge in [0.1, 0.15) is 0 Å². The molecule has 1 aliphatic heterocycles. The van der Waals surface area contributed by atoms with E-state index < -0.39 is 0 Å². The van der Waals surface area contributed by atoms with Crippen LogP contribution in [0.15, 0.2) is 30.7 Å². The van der Waals surface area contributed by atoms with Crippen LogP contribution in [-0.2, 0) is 4.79 Å². The Morgan fingerprint density at radius 1 is 1.23 bits per heavy atom. The van der Waals surface area contributed by atoms with Gasteiger partial charge in [-0.25, -0.2) is 9.97 Å². The van der Waals surface area contributed by atoms with Crippen molar-refractivity contribution >= 4 is 33.5 Å². The molecule has 0 bridgehead atoms. The molecule has 2 aliphatic rings. The molecule has 0 aromatic carbocycles. The van der Waals surface area contributed by atoms with Gasteiger partial charge in [0.25, 0.3) is 0 Å². The summed E-state index contributed by atoms with van der Waals surface area (Å²) >= 11 is 0. The first kappa shape index (κ1) is 15.6. The normalized spacial score (nSPS) is 23.5. The van der Waals surface area contributed by atoms with Crippen molar-refractivity contribution in [3.63, 3.8) is 0 Å². The molecule has 1 aliphatic carbocycles. The molecule has 2 fully saturated rings. The fraction of sp³-hybridized carbons (Fsp3) is 0.450. The molecule has 0 spiro atoms. The van der Waals surface area contributed by atoms with Crippen molar-refractivity contribution in [1.82, 2.24) is 20.3 Å². The monoisotopic (exact) mass is 349 g/mol. The highest BCUT2D eigenvalue weighted by molar-refractivity contribution is 6.10. The van der Waals surface area contributed by atoms with Crippen molar-refractivity contribution in [2.45, 2.75) is 44.7 Å². The summed E-state index contributed by atoms with van der Waals surface area (Å²) in [5.41, 5.74) is 2.93. The van der Waals surface area contributed by atoms with Crippen molar-refractivity contribution in [3.05, 3.63) is 30.7 Å². The van der Waals surface area contributed by atoms with E-state index in [0.29, 0.717) is 12.1 Å². The van der Waals surface area contributed by atoms with E-state index in [1.807, 2.05) is 18.5 Å². The maximum absolute atomic E-state index is 12.6. The lowest BCUT2D eigenvalue weighted by Crippen LogP contribution is -2.47. The Hall–Kier alpha value is -2.63. The third kappa shape index (κ3) is 2.60. The van der Waals surface area contributed by atoms with Crippen molar-refractivity contribution in [3.8, 4) is 0 Å². The zero-order valence-electron chi connectivity index (χ0n) is 14.9. The number of rotatable bonds is 3. The van der Waals surface area contributed by atoms with Crippen molar-refractivity contribution in [2.75, 3.05) is 11.4 Å². The summed E-state index contributed by atoms with van der Waals surface area (Å²) < 4.78 is 0. The summed E-state index contributed by atoms with van der Waals surface area (Å²) in [6, 6.07) is 4.96. The molecule has 4 heterocycles. The highest BCUT2D eigenvalue weighted by Crippen LogP contribution is 2.35. The number of nitrogens with one attached hydrogen (secondary N) is 2. The molecular weight excluding hydrogens is 326 g/mol. The summed E-state index contributed by atoms with van der Waals surface area (Å²) in [5, 5.41) is 5.39. The minimum atomic E-state index is 0.0566. The van der Waals surface area contributed by atoms with Gasteiger partial charge in [-0.1, -0.05) is 0 Å². The zero-order chi connectivity index (χ0) is 17.7. The number of hydrogen-bond donors (Lipinski definition) is 2. The lowest BCUT2D eigenvalue weighted by molar-refractivity contribution is -0.125. The molecular formula is C20H23N5O. The number of amides is 1. The zero-order valence-corrected chi connectivity index (χ0v) is 14.9. The number of carbonyl (C=O) groups is 1. The molecule has 26 heavy (non-hydrogen) atoms. The van der Waals surface area contributed by atoms with Crippen LogP contribution in [0.1, 0.15) is 32.6 Å². The summed E-state index contributed by atoms with van der Waals surface area (Å²) in [6.07, 6.45) is 9.86. The number of H-pyrrole nitrogens is 1. The van der Waals surface area contributed by atoms with Gasteiger partial charge in [-0.3, -0.25) is 4.79 Å². The predicted molar refractivity (Wildman–Crippen MR) is 102 cm³/mol. The second kappa shape index (κ2) is 5.97. The van der Waals surface area contributed by atoms with Crippen LogP contribution in [0.2, 0.25) is 0 Å². The highest BCUT2D eigenvalue weighted by Gasteiger charge is 2.33. The first-order valence-electron chi connectivity index (χ1n) is 9.48. The Morgan fingerprint density at radius 3 is 2.96 bits per heavy atom. The van der Waals surface area contributed by atoms with Gasteiger partial charge in [0.2, 0.25) is 5.91 Å². The van der Waals surface area contributed by atoms with Gasteiger partial charge >= 0.3 is 0 Å². The molecule has 1 saturated carbocycles. The fourth-order valence-electron chi connectivity index (χ4n) is 4.08. The molecule has 134 valence electrons. The number of aromatic amines is 1. The molecule has 1 amide bonds. The number of nitrogens with zero attached hydrogens (tertiary/aromatic N) is 3. The number of carbonyl (C=O) groups excluding carboxylic acids is 1. The van der Waals surface area contributed by atoms with E-state index in [0.717, 1.165) is 59.9 Å². The van der Waals surface area contributed by atoms with Crippen LogP contribution in [0.5, 0.6) is 0 Å². The SMILES string of the molecule is C[C@@H]1CC[C@@H](C(=O)NC2CC2)CN1c1cc[nH]c2cnc3nccc3c12. The number of piperidine rings is 1. The molecule has 0 unspecified atom stereocenters. The van der Waals surface area contributed by atoms with Gasteiger partial charge in [-0.2, -0.15) is 0 Å².